The van der Waals surface area contributed by atoms with E-state index in [0.717, 1.165) is 51.1 Å². The maximum atomic E-state index is 12.0. The minimum atomic E-state index is 0.0699. The van der Waals surface area contributed by atoms with Crippen LogP contribution in [-0.4, -0.2) is 48.7 Å². The van der Waals surface area contributed by atoms with Crippen molar-refractivity contribution in [3.63, 3.8) is 0 Å². The standard InChI is InChI=1S/C17H23N5O2/c18-17-14-22(19-24-17)21-12-10-20(11-13-21)9-5-4-8-16(23)15-6-2-1-3-7-15/h1-3,6-7,14H,4-5,8-13H2,(H-,18,19). The molecule has 1 aromatic heterocycles. The molecule has 0 unspecified atom stereocenters. The first-order valence-electron chi connectivity index (χ1n) is 8.38. The number of carbonyl (C=O) groups excluding carboxylic acids is 1. The Bertz CT molecular complexity index is 650. The van der Waals surface area contributed by atoms with E-state index >= 15 is 0 Å². The highest BCUT2D eigenvalue weighted by atomic mass is 16.5. The second kappa shape index (κ2) is 7.92. The number of nitrogens with one attached hydrogen (secondary N) is 1. The lowest BCUT2D eigenvalue weighted by Gasteiger charge is -2.29. The molecule has 0 saturated carbocycles. The van der Waals surface area contributed by atoms with Gasteiger partial charge in [-0.05, 0) is 19.4 Å². The van der Waals surface area contributed by atoms with E-state index in [0.29, 0.717) is 6.42 Å². The maximum absolute atomic E-state index is 12.0. The third kappa shape index (κ3) is 4.32. The van der Waals surface area contributed by atoms with Crippen molar-refractivity contribution in [2.24, 2.45) is 0 Å². The number of Topliss-reactive ketones (excluding diaryl/α,β-unsaturated/α-hetero) is 1. The zero-order valence-electron chi connectivity index (χ0n) is 13.7. The first-order chi connectivity index (χ1) is 11.7. The summed E-state index contributed by atoms with van der Waals surface area (Å²) in [5.41, 5.74) is 8.18. The third-order valence-corrected chi connectivity index (χ3v) is 4.32. The van der Waals surface area contributed by atoms with E-state index in [1.54, 1.807) is 11.0 Å². The molecular weight excluding hydrogens is 306 g/mol. The number of hydrogen-bond acceptors (Lipinski definition) is 5. The molecule has 0 aliphatic carbocycles. The number of hydrogen-bond donors (Lipinski definition) is 0. The zero-order chi connectivity index (χ0) is 16.8. The third-order valence-electron chi connectivity index (χ3n) is 4.32. The highest BCUT2D eigenvalue weighted by Crippen LogP contribution is 2.08. The van der Waals surface area contributed by atoms with Gasteiger partial charge in [-0.3, -0.25) is 9.69 Å². The smallest absolute Gasteiger partial charge is 0.256 e. The van der Waals surface area contributed by atoms with Gasteiger partial charge in [-0.15, -0.1) is 0 Å². The van der Waals surface area contributed by atoms with Crippen molar-refractivity contribution in [2.45, 2.75) is 19.3 Å². The number of carbonyl (C=O) groups is 1. The molecule has 0 spiro atoms. The maximum Gasteiger partial charge on any atom is 0.256 e. The molecule has 0 bridgehead atoms. The van der Waals surface area contributed by atoms with Gasteiger partial charge in [-0.25, -0.2) is 0 Å². The number of ketones is 1. The molecule has 1 N–H and O–H groups in total. The van der Waals surface area contributed by atoms with Crippen molar-refractivity contribution >= 4 is 11.7 Å². The fourth-order valence-electron chi connectivity index (χ4n) is 2.93. The van der Waals surface area contributed by atoms with Crippen LogP contribution in [-0.2, 0) is 0 Å². The molecule has 0 atom stereocenters. The van der Waals surface area contributed by atoms with Gasteiger partial charge in [0.05, 0.1) is 17.9 Å². The summed E-state index contributed by atoms with van der Waals surface area (Å²) >= 11 is 0. The highest BCUT2D eigenvalue weighted by Gasteiger charge is 2.24. The molecule has 128 valence electrons. The van der Waals surface area contributed by atoms with E-state index in [-0.39, 0.29) is 11.7 Å². The lowest BCUT2D eigenvalue weighted by atomic mass is 10.1. The summed E-state index contributed by atoms with van der Waals surface area (Å²) in [4.78, 5) is 16.1. The molecule has 0 radical (unpaired) electrons. The molecule has 1 saturated heterocycles. The quantitative estimate of drug-likeness (QED) is 0.441. The van der Waals surface area contributed by atoms with Crippen LogP contribution in [0.25, 0.3) is 5.73 Å². The highest BCUT2D eigenvalue weighted by molar-refractivity contribution is 5.95. The van der Waals surface area contributed by atoms with Crippen LogP contribution in [0.3, 0.4) is 0 Å². The van der Waals surface area contributed by atoms with Gasteiger partial charge in [0.15, 0.2) is 5.78 Å². The Morgan fingerprint density at radius 2 is 1.92 bits per heavy atom. The average Bonchev–Trinajstić information content (AvgIpc) is 3.06. The SMILES string of the molecule is [NH-]c1c[n+](N2CCN(CCCCC(=O)c3ccccc3)CC2)no1. The van der Waals surface area contributed by atoms with E-state index in [1.807, 2.05) is 30.3 Å². The molecule has 7 nitrogen and oxygen atoms in total. The minimum Gasteiger partial charge on any atom is -0.660 e. The summed E-state index contributed by atoms with van der Waals surface area (Å²) in [5, 5.41) is 5.88. The second-order valence-corrected chi connectivity index (χ2v) is 6.03. The minimum absolute atomic E-state index is 0.0699. The van der Waals surface area contributed by atoms with Gasteiger partial charge in [0.1, 0.15) is 5.88 Å². The van der Waals surface area contributed by atoms with Crippen LogP contribution in [0.1, 0.15) is 29.6 Å². The summed E-state index contributed by atoms with van der Waals surface area (Å²) in [6, 6.07) is 9.50. The fraction of sp³-hybridized carbons (Fsp3) is 0.471. The molecule has 1 aliphatic heterocycles. The first-order valence-corrected chi connectivity index (χ1v) is 8.38. The lowest BCUT2D eigenvalue weighted by molar-refractivity contribution is -0.759. The molecule has 1 aromatic carbocycles. The molecular formula is C17H23N5O2. The van der Waals surface area contributed by atoms with Gasteiger partial charge in [-0.2, -0.15) is 5.01 Å². The number of rotatable bonds is 7. The van der Waals surface area contributed by atoms with E-state index < -0.39 is 0 Å². The van der Waals surface area contributed by atoms with Crippen LogP contribution in [0.4, 0.5) is 5.88 Å². The zero-order valence-corrected chi connectivity index (χ0v) is 13.7. The summed E-state index contributed by atoms with van der Waals surface area (Å²) in [6.07, 6.45) is 4.15. The Labute approximate surface area is 141 Å². The van der Waals surface area contributed by atoms with Gasteiger partial charge in [0, 0.05) is 25.1 Å². The molecule has 24 heavy (non-hydrogen) atoms. The van der Waals surface area contributed by atoms with Crippen molar-refractivity contribution in [1.29, 1.82) is 0 Å². The molecule has 1 fully saturated rings. The Kier molecular flexibility index (Phi) is 5.43. The Morgan fingerprint density at radius 1 is 1.17 bits per heavy atom. The molecule has 2 heterocycles. The molecule has 1 aliphatic rings. The normalized spacial score (nSPS) is 15.6. The molecule has 2 aromatic rings. The summed E-state index contributed by atoms with van der Waals surface area (Å²) in [6.45, 7) is 4.65. The number of aromatic nitrogens is 2. The van der Waals surface area contributed by atoms with Crippen LogP contribution >= 0.6 is 0 Å². The van der Waals surface area contributed by atoms with Crippen LogP contribution < -0.4 is 9.80 Å². The second-order valence-electron chi connectivity index (χ2n) is 6.03. The van der Waals surface area contributed by atoms with Gasteiger partial charge in [-0.1, -0.05) is 30.3 Å². The van der Waals surface area contributed by atoms with Gasteiger partial charge in [0.25, 0.3) is 6.20 Å². The van der Waals surface area contributed by atoms with Crippen molar-refractivity contribution in [2.75, 3.05) is 37.7 Å². The van der Waals surface area contributed by atoms with Crippen LogP contribution in [0, 0.1) is 0 Å². The topological polar surface area (TPSA) is 77.3 Å². The number of unbranched alkanes of at least 4 members (excludes halogenated alkanes) is 1. The van der Waals surface area contributed by atoms with Crippen molar-refractivity contribution in [3.8, 4) is 0 Å². The van der Waals surface area contributed by atoms with E-state index in [9.17, 15) is 4.79 Å². The fourth-order valence-corrected chi connectivity index (χ4v) is 2.93. The first kappa shape index (κ1) is 16.4. The largest absolute Gasteiger partial charge is 0.660 e. The monoisotopic (exact) mass is 329 g/mol. The number of benzene rings is 1. The number of nitrogens with zero attached hydrogens (tertiary/aromatic N) is 4. The Balaban J connectivity index is 1.33. The van der Waals surface area contributed by atoms with Gasteiger partial charge < -0.3 is 10.3 Å². The lowest BCUT2D eigenvalue weighted by Crippen LogP contribution is -2.65. The van der Waals surface area contributed by atoms with Crippen LogP contribution in [0.15, 0.2) is 41.1 Å². The van der Waals surface area contributed by atoms with Gasteiger partial charge in [0.2, 0.25) is 5.27 Å². The van der Waals surface area contributed by atoms with Crippen molar-refractivity contribution < 1.29 is 14.1 Å². The Hall–Kier alpha value is -2.41. The van der Waals surface area contributed by atoms with Crippen molar-refractivity contribution in [1.82, 2.24) is 10.2 Å². The Morgan fingerprint density at radius 3 is 2.58 bits per heavy atom. The van der Waals surface area contributed by atoms with E-state index in [4.69, 9.17) is 10.3 Å². The van der Waals surface area contributed by atoms with E-state index in [1.165, 1.54) is 0 Å². The number of piperazine rings is 1. The predicted molar refractivity (Wildman–Crippen MR) is 89.7 cm³/mol. The average molecular weight is 329 g/mol. The molecule has 3 rings (SSSR count). The van der Waals surface area contributed by atoms with Crippen LogP contribution in [0.2, 0.25) is 0 Å². The summed E-state index contributed by atoms with van der Waals surface area (Å²) < 4.78 is 4.78. The predicted octanol–water partition coefficient (Wildman–Crippen LogP) is 1.95. The molecule has 0 amide bonds. The summed E-state index contributed by atoms with van der Waals surface area (Å²) in [5.74, 6) is 0.301. The summed E-state index contributed by atoms with van der Waals surface area (Å²) in [7, 11) is 0. The van der Waals surface area contributed by atoms with Crippen molar-refractivity contribution in [3.05, 3.63) is 47.8 Å². The van der Waals surface area contributed by atoms with E-state index in [2.05, 4.69) is 15.2 Å². The molecule has 7 heteroatoms. The van der Waals surface area contributed by atoms with Gasteiger partial charge >= 0.3 is 0 Å². The van der Waals surface area contributed by atoms with Crippen LogP contribution in [0.5, 0.6) is 0 Å².